The highest BCUT2D eigenvalue weighted by Gasteiger charge is 2.10. The summed E-state index contributed by atoms with van der Waals surface area (Å²) in [5.41, 5.74) is 1.97. The monoisotopic (exact) mass is 292 g/mol. The fourth-order valence-electron chi connectivity index (χ4n) is 1.84. The molecule has 0 aliphatic rings. The van der Waals surface area contributed by atoms with Crippen molar-refractivity contribution >= 4 is 28.8 Å². The number of nitrogens with zero attached hydrogens (tertiary/aromatic N) is 2. The van der Waals surface area contributed by atoms with Crippen LogP contribution in [0, 0.1) is 0 Å². The van der Waals surface area contributed by atoms with Gasteiger partial charge in [0.05, 0.1) is 0 Å². The number of carbonyl (C=O) groups is 1. The Hall–Kier alpha value is -2.28. The maximum absolute atomic E-state index is 11.8. The summed E-state index contributed by atoms with van der Waals surface area (Å²) in [5, 5.41) is 14.3. The van der Waals surface area contributed by atoms with Crippen molar-refractivity contribution in [3.8, 4) is 0 Å². The third kappa shape index (κ3) is 3.85. The van der Waals surface area contributed by atoms with E-state index in [1.807, 2.05) is 21.0 Å². The van der Waals surface area contributed by atoms with Gasteiger partial charge in [-0.2, -0.15) is 4.98 Å². The second kappa shape index (κ2) is 6.45. The Morgan fingerprint density at radius 2 is 2.24 bits per heavy atom. The van der Waals surface area contributed by atoms with Crippen molar-refractivity contribution in [2.75, 3.05) is 30.9 Å². The number of aromatic nitrogens is 1. The van der Waals surface area contributed by atoms with Gasteiger partial charge >= 0.3 is 6.03 Å². The molecule has 21 heavy (non-hydrogen) atoms. The molecule has 0 unspecified atom stereocenters. The first kappa shape index (κ1) is 15.1. The molecule has 0 radical (unpaired) electrons. The molecule has 114 valence electrons. The molecule has 0 aliphatic carbocycles. The maximum Gasteiger partial charge on any atom is 0.319 e. The molecule has 7 heteroatoms. The summed E-state index contributed by atoms with van der Waals surface area (Å²) in [6.45, 7) is 1.87. The summed E-state index contributed by atoms with van der Waals surface area (Å²) < 4.78 is 5.58. The molecule has 0 aliphatic heterocycles. The highest BCUT2D eigenvalue weighted by atomic mass is 16.4. The number of hydrogen-bond acceptors (Lipinski definition) is 5. The maximum atomic E-state index is 11.8. The van der Waals surface area contributed by atoms with Gasteiger partial charge in [0.15, 0.2) is 5.58 Å². The smallest absolute Gasteiger partial charge is 0.319 e. The minimum absolute atomic E-state index is 0.0405. The van der Waals surface area contributed by atoms with Gasteiger partial charge in [0.1, 0.15) is 5.52 Å². The van der Waals surface area contributed by atoms with E-state index < -0.39 is 0 Å². The van der Waals surface area contributed by atoms with Crippen LogP contribution in [0.25, 0.3) is 11.1 Å². The van der Waals surface area contributed by atoms with Crippen molar-refractivity contribution in [1.82, 2.24) is 10.3 Å². The number of benzene rings is 1. The molecule has 3 N–H and O–H groups in total. The fraction of sp³-hybridized carbons (Fsp3) is 0.429. The van der Waals surface area contributed by atoms with E-state index in [0.717, 1.165) is 5.52 Å². The Morgan fingerprint density at radius 1 is 1.48 bits per heavy atom. The summed E-state index contributed by atoms with van der Waals surface area (Å²) in [6.07, 6.45) is 0.515. The average Bonchev–Trinajstić information content (AvgIpc) is 2.81. The van der Waals surface area contributed by atoms with Crippen LogP contribution in [0.4, 0.5) is 16.5 Å². The molecule has 2 aromatic rings. The zero-order chi connectivity index (χ0) is 15.4. The minimum atomic E-state index is -0.317. The topological polar surface area (TPSA) is 90.6 Å². The lowest BCUT2D eigenvalue weighted by Gasteiger charge is -2.13. The van der Waals surface area contributed by atoms with E-state index in [9.17, 15) is 4.79 Å². The number of amides is 2. The standard InChI is InChI=1S/C14H20N4O3/c1-9(6-7-19)15-13(20)16-10-4-5-11-12(8-10)21-14(17-11)18(2)3/h4-5,8-9,19H,6-7H2,1-3H3,(H2,15,16,20)/t9-/m1/s1. The van der Waals surface area contributed by atoms with Gasteiger partial charge in [-0.25, -0.2) is 4.79 Å². The number of urea groups is 1. The van der Waals surface area contributed by atoms with Crippen LogP contribution in [0.3, 0.4) is 0 Å². The van der Waals surface area contributed by atoms with E-state index in [2.05, 4.69) is 15.6 Å². The number of fused-ring (bicyclic) bond motifs is 1. The van der Waals surface area contributed by atoms with Crippen molar-refractivity contribution < 1.29 is 14.3 Å². The van der Waals surface area contributed by atoms with Gasteiger partial charge < -0.3 is 25.1 Å². The van der Waals surface area contributed by atoms with Crippen LogP contribution in [0.15, 0.2) is 22.6 Å². The first-order valence-corrected chi connectivity index (χ1v) is 6.76. The zero-order valence-corrected chi connectivity index (χ0v) is 12.4. The first-order chi connectivity index (χ1) is 9.99. The van der Waals surface area contributed by atoms with Crippen LogP contribution in [0.2, 0.25) is 0 Å². The lowest BCUT2D eigenvalue weighted by atomic mass is 10.2. The molecule has 1 aromatic carbocycles. The third-order valence-electron chi connectivity index (χ3n) is 2.96. The Balaban J connectivity index is 2.07. The van der Waals surface area contributed by atoms with E-state index in [0.29, 0.717) is 23.7 Å². The minimum Gasteiger partial charge on any atom is -0.423 e. The number of aliphatic hydroxyl groups is 1. The quantitative estimate of drug-likeness (QED) is 0.781. The summed E-state index contributed by atoms with van der Waals surface area (Å²) in [7, 11) is 3.69. The van der Waals surface area contributed by atoms with E-state index in [-0.39, 0.29) is 18.7 Å². The number of hydrogen-bond donors (Lipinski definition) is 3. The van der Waals surface area contributed by atoms with E-state index >= 15 is 0 Å². The van der Waals surface area contributed by atoms with E-state index in [1.54, 1.807) is 23.1 Å². The molecule has 2 rings (SSSR count). The van der Waals surface area contributed by atoms with Gasteiger partial charge in [-0.1, -0.05) is 0 Å². The molecule has 0 fully saturated rings. The Labute approximate surface area is 122 Å². The van der Waals surface area contributed by atoms with Crippen molar-refractivity contribution in [2.24, 2.45) is 0 Å². The van der Waals surface area contributed by atoms with Crippen LogP contribution < -0.4 is 15.5 Å². The predicted octanol–water partition coefficient (Wildman–Crippen LogP) is 1.79. The molecular weight excluding hydrogens is 272 g/mol. The lowest BCUT2D eigenvalue weighted by Crippen LogP contribution is -2.36. The van der Waals surface area contributed by atoms with Crippen molar-refractivity contribution in [3.05, 3.63) is 18.2 Å². The van der Waals surface area contributed by atoms with Crippen LogP contribution in [-0.2, 0) is 0 Å². The number of nitrogens with one attached hydrogen (secondary N) is 2. The second-order valence-corrected chi connectivity index (χ2v) is 5.09. The Kier molecular flexibility index (Phi) is 4.64. The summed E-state index contributed by atoms with van der Waals surface area (Å²) >= 11 is 0. The highest BCUT2D eigenvalue weighted by Crippen LogP contribution is 2.23. The van der Waals surface area contributed by atoms with Gasteiger partial charge in [0.2, 0.25) is 0 Å². The van der Waals surface area contributed by atoms with Crippen LogP contribution in [-0.4, -0.2) is 42.9 Å². The van der Waals surface area contributed by atoms with Crippen LogP contribution in [0.5, 0.6) is 0 Å². The Morgan fingerprint density at radius 3 is 2.90 bits per heavy atom. The van der Waals surface area contributed by atoms with Crippen LogP contribution >= 0.6 is 0 Å². The number of carbonyl (C=O) groups excluding carboxylic acids is 1. The first-order valence-electron chi connectivity index (χ1n) is 6.76. The predicted molar refractivity (Wildman–Crippen MR) is 81.7 cm³/mol. The second-order valence-electron chi connectivity index (χ2n) is 5.09. The van der Waals surface area contributed by atoms with Gasteiger partial charge in [0.25, 0.3) is 6.01 Å². The molecule has 7 nitrogen and oxygen atoms in total. The molecule has 0 spiro atoms. The molecule has 0 saturated heterocycles. The molecule has 0 bridgehead atoms. The number of rotatable bonds is 5. The number of oxazole rings is 1. The fourth-order valence-corrected chi connectivity index (χ4v) is 1.84. The lowest BCUT2D eigenvalue weighted by molar-refractivity contribution is 0.241. The number of anilines is 2. The molecule has 1 aromatic heterocycles. The Bertz CT molecular complexity index is 624. The number of aliphatic hydroxyl groups excluding tert-OH is 1. The normalized spacial score (nSPS) is 12.2. The summed E-state index contributed by atoms with van der Waals surface area (Å²) in [6, 6.07) is 5.39. The molecule has 1 atom stereocenters. The highest BCUT2D eigenvalue weighted by molar-refractivity contribution is 5.91. The van der Waals surface area contributed by atoms with E-state index in [4.69, 9.17) is 9.52 Å². The van der Waals surface area contributed by atoms with Crippen molar-refractivity contribution in [2.45, 2.75) is 19.4 Å². The summed E-state index contributed by atoms with van der Waals surface area (Å²) in [5.74, 6) is 0. The van der Waals surface area contributed by atoms with Crippen molar-refractivity contribution in [1.29, 1.82) is 0 Å². The third-order valence-corrected chi connectivity index (χ3v) is 2.96. The zero-order valence-electron chi connectivity index (χ0n) is 12.4. The van der Waals surface area contributed by atoms with Crippen molar-refractivity contribution in [3.63, 3.8) is 0 Å². The molecule has 2 amide bonds. The van der Waals surface area contributed by atoms with Gasteiger partial charge in [0, 0.05) is 38.5 Å². The van der Waals surface area contributed by atoms with E-state index in [1.165, 1.54) is 0 Å². The van der Waals surface area contributed by atoms with Gasteiger partial charge in [-0.3, -0.25) is 0 Å². The largest absolute Gasteiger partial charge is 0.423 e. The molecule has 0 saturated carbocycles. The molecule has 1 heterocycles. The average molecular weight is 292 g/mol. The van der Waals surface area contributed by atoms with Gasteiger partial charge in [-0.05, 0) is 25.5 Å². The molecular formula is C14H20N4O3. The van der Waals surface area contributed by atoms with Crippen LogP contribution in [0.1, 0.15) is 13.3 Å². The van der Waals surface area contributed by atoms with Gasteiger partial charge in [-0.15, -0.1) is 0 Å². The summed E-state index contributed by atoms with van der Waals surface area (Å²) in [4.78, 5) is 17.9. The SMILES string of the molecule is C[C@H](CCO)NC(=O)Nc1ccc2nc(N(C)C)oc2c1.